The molecule has 0 amide bonds. The molecule has 0 aliphatic heterocycles. The molecule has 1 aromatic heterocycles. The summed E-state index contributed by atoms with van der Waals surface area (Å²) in [5.74, 6) is -0.884. The van der Waals surface area contributed by atoms with Crippen LogP contribution in [0.15, 0.2) is 24.3 Å². The van der Waals surface area contributed by atoms with Gasteiger partial charge in [-0.2, -0.15) is 0 Å². The van der Waals surface area contributed by atoms with Gasteiger partial charge in [-0.05, 0) is 37.1 Å². The lowest BCUT2D eigenvalue weighted by atomic mass is 10.1. The molecule has 1 aromatic carbocycles. The number of hydrogen-bond donors (Lipinski definition) is 3. The van der Waals surface area contributed by atoms with Crippen LogP contribution in [0, 0.1) is 0 Å². The standard InChI is InChI=1S/C13H14N2O2/c16-13(17)8-1-4-12-9(5-8)6-11(15-12)7-14-10-2-3-10/h1,4-6,10,14-15H,2-3,7H2,(H,16,17). The van der Waals surface area contributed by atoms with Gasteiger partial charge in [-0.15, -0.1) is 0 Å². The van der Waals surface area contributed by atoms with E-state index in [2.05, 4.69) is 10.3 Å². The molecule has 1 aliphatic rings. The minimum atomic E-state index is -0.884. The summed E-state index contributed by atoms with van der Waals surface area (Å²) in [7, 11) is 0. The zero-order valence-electron chi connectivity index (χ0n) is 9.36. The molecule has 1 fully saturated rings. The number of rotatable bonds is 4. The van der Waals surface area contributed by atoms with Crippen molar-refractivity contribution in [2.24, 2.45) is 0 Å². The van der Waals surface area contributed by atoms with Gasteiger partial charge in [-0.1, -0.05) is 0 Å². The van der Waals surface area contributed by atoms with Gasteiger partial charge >= 0.3 is 5.97 Å². The summed E-state index contributed by atoms with van der Waals surface area (Å²) in [4.78, 5) is 14.1. The summed E-state index contributed by atoms with van der Waals surface area (Å²) in [5.41, 5.74) is 2.43. The van der Waals surface area contributed by atoms with E-state index in [1.54, 1.807) is 12.1 Å². The minimum Gasteiger partial charge on any atom is -0.478 e. The third-order valence-corrected chi connectivity index (χ3v) is 3.08. The predicted molar refractivity (Wildman–Crippen MR) is 65.1 cm³/mol. The molecule has 0 radical (unpaired) electrons. The first-order valence-electron chi connectivity index (χ1n) is 5.81. The maximum Gasteiger partial charge on any atom is 0.335 e. The van der Waals surface area contributed by atoms with E-state index in [0.29, 0.717) is 11.6 Å². The molecule has 3 N–H and O–H groups in total. The average Bonchev–Trinajstić information content (AvgIpc) is 3.04. The number of benzene rings is 1. The quantitative estimate of drug-likeness (QED) is 0.753. The summed E-state index contributed by atoms with van der Waals surface area (Å²) in [5, 5.41) is 13.3. The van der Waals surface area contributed by atoms with Crippen molar-refractivity contribution in [3.63, 3.8) is 0 Å². The number of aromatic nitrogens is 1. The summed E-state index contributed by atoms with van der Waals surface area (Å²) in [6, 6.07) is 7.83. The smallest absolute Gasteiger partial charge is 0.335 e. The van der Waals surface area contributed by atoms with Gasteiger partial charge in [0.05, 0.1) is 5.56 Å². The van der Waals surface area contributed by atoms with E-state index >= 15 is 0 Å². The number of fused-ring (bicyclic) bond motifs is 1. The molecule has 3 rings (SSSR count). The highest BCUT2D eigenvalue weighted by atomic mass is 16.4. The number of carbonyl (C=O) groups is 1. The number of aromatic amines is 1. The van der Waals surface area contributed by atoms with E-state index < -0.39 is 5.97 Å². The second-order valence-corrected chi connectivity index (χ2v) is 4.56. The van der Waals surface area contributed by atoms with Crippen molar-refractivity contribution in [3.05, 3.63) is 35.5 Å². The van der Waals surface area contributed by atoms with E-state index in [-0.39, 0.29) is 0 Å². The fourth-order valence-electron chi connectivity index (χ4n) is 1.96. The predicted octanol–water partition coefficient (Wildman–Crippen LogP) is 2.12. The van der Waals surface area contributed by atoms with Gasteiger partial charge in [-0.25, -0.2) is 4.79 Å². The van der Waals surface area contributed by atoms with Crippen LogP contribution in [0.25, 0.3) is 10.9 Å². The lowest BCUT2D eigenvalue weighted by Gasteiger charge is -1.98. The van der Waals surface area contributed by atoms with Crippen LogP contribution in [0.4, 0.5) is 0 Å². The van der Waals surface area contributed by atoms with Crippen molar-refractivity contribution >= 4 is 16.9 Å². The molecule has 1 heterocycles. The molecule has 0 atom stereocenters. The third kappa shape index (κ3) is 2.17. The van der Waals surface area contributed by atoms with E-state index in [1.165, 1.54) is 12.8 Å². The van der Waals surface area contributed by atoms with E-state index in [0.717, 1.165) is 23.1 Å². The Balaban J connectivity index is 1.86. The molecule has 1 saturated carbocycles. The van der Waals surface area contributed by atoms with Gasteiger partial charge in [0.2, 0.25) is 0 Å². The topological polar surface area (TPSA) is 65.1 Å². The van der Waals surface area contributed by atoms with Crippen molar-refractivity contribution in [2.75, 3.05) is 0 Å². The summed E-state index contributed by atoms with van der Waals surface area (Å²) < 4.78 is 0. The zero-order chi connectivity index (χ0) is 11.8. The monoisotopic (exact) mass is 230 g/mol. The summed E-state index contributed by atoms with van der Waals surface area (Å²) >= 11 is 0. The molecule has 2 aromatic rings. The van der Waals surface area contributed by atoms with Crippen molar-refractivity contribution in [1.82, 2.24) is 10.3 Å². The van der Waals surface area contributed by atoms with Crippen molar-refractivity contribution in [2.45, 2.75) is 25.4 Å². The fraction of sp³-hybridized carbons (Fsp3) is 0.308. The number of aromatic carboxylic acids is 1. The molecule has 4 nitrogen and oxygen atoms in total. The van der Waals surface area contributed by atoms with Crippen molar-refractivity contribution in [1.29, 1.82) is 0 Å². The Hall–Kier alpha value is -1.81. The van der Waals surface area contributed by atoms with Crippen molar-refractivity contribution < 1.29 is 9.90 Å². The summed E-state index contributed by atoms with van der Waals surface area (Å²) in [6.45, 7) is 0.821. The van der Waals surface area contributed by atoms with Crippen molar-refractivity contribution in [3.8, 4) is 0 Å². The van der Waals surface area contributed by atoms with E-state index in [4.69, 9.17) is 5.11 Å². The van der Waals surface area contributed by atoms with Gasteiger partial charge < -0.3 is 15.4 Å². The van der Waals surface area contributed by atoms with Gasteiger partial charge in [-0.3, -0.25) is 0 Å². The third-order valence-electron chi connectivity index (χ3n) is 3.08. The SMILES string of the molecule is O=C(O)c1ccc2[nH]c(CNC3CC3)cc2c1. The molecule has 0 unspecified atom stereocenters. The Morgan fingerprint density at radius 2 is 2.24 bits per heavy atom. The number of nitrogens with one attached hydrogen (secondary N) is 2. The molecule has 0 bridgehead atoms. The Morgan fingerprint density at radius 1 is 1.41 bits per heavy atom. The number of carboxylic acids is 1. The van der Waals surface area contributed by atoms with E-state index in [9.17, 15) is 4.79 Å². The Labute approximate surface area is 98.6 Å². The molecule has 88 valence electrons. The van der Waals surface area contributed by atoms with Crippen LogP contribution in [0.2, 0.25) is 0 Å². The molecule has 17 heavy (non-hydrogen) atoms. The lowest BCUT2D eigenvalue weighted by molar-refractivity contribution is 0.0697. The first-order valence-corrected chi connectivity index (χ1v) is 5.81. The molecular formula is C13H14N2O2. The van der Waals surface area contributed by atoms with Crippen LogP contribution < -0.4 is 5.32 Å². The van der Waals surface area contributed by atoms with Crippen LogP contribution in [0.5, 0.6) is 0 Å². The normalized spacial score (nSPS) is 15.3. The highest BCUT2D eigenvalue weighted by molar-refractivity contribution is 5.93. The Morgan fingerprint density at radius 3 is 2.94 bits per heavy atom. The highest BCUT2D eigenvalue weighted by Crippen LogP contribution is 2.21. The average molecular weight is 230 g/mol. The number of H-pyrrole nitrogens is 1. The Kier molecular flexibility index (Phi) is 2.37. The second kappa shape index (κ2) is 3.89. The maximum atomic E-state index is 10.9. The minimum absolute atomic E-state index is 0.332. The van der Waals surface area contributed by atoms with Gasteiger partial charge in [0, 0.05) is 29.2 Å². The largest absolute Gasteiger partial charge is 0.478 e. The highest BCUT2D eigenvalue weighted by Gasteiger charge is 2.20. The molecular weight excluding hydrogens is 216 g/mol. The first kappa shape index (κ1) is 10.4. The molecule has 0 spiro atoms. The zero-order valence-corrected chi connectivity index (χ0v) is 9.36. The number of hydrogen-bond acceptors (Lipinski definition) is 2. The van der Waals surface area contributed by atoms with Gasteiger partial charge in [0.1, 0.15) is 0 Å². The van der Waals surface area contributed by atoms with Crippen LogP contribution >= 0.6 is 0 Å². The van der Waals surface area contributed by atoms with Gasteiger partial charge in [0.15, 0.2) is 0 Å². The maximum absolute atomic E-state index is 10.9. The molecule has 1 aliphatic carbocycles. The lowest BCUT2D eigenvalue weighted by Crippen LogP contribution is -2.15. The van der Waals surface area contributed by atoms with Crippen LogP contribution in [0.3, 0.4) is 0 Å². The van der Waals surface area contributed by atoms with Gasteiger partial charge in [0.25, 0.3) is 0 Å². The van der Waals surface area contributed by atoms with E-state index in [1.807, 2.05) is 12.1 Å². The van der Waals surface area contributed by atoms with Crippen LogP contribution in [-0.4, -0.2) is 22.1 Å². The fourth-order valence-corrected chi connectivity index (χ4v) is 1.96. The van der Waals surface area contributed by atoms with Crippen LogP contribution in [-0.2, 0) is 6.54 Å². The molecule has 4 heteroatoms. The molecule has 0 saturated heterocycles. The summed E-state index contributed by atoms with van der Waals surface area (Å²) in [6.07, 6.45) is 2.53. The number of carboxylic acid groups (broad SMARTS) is 1. The Bertz CT molecular complexity index is 570. The van der Waals surface area contributed by atoms with Crippen LogP contribution in [0.1, 0.15) is 28.9 Å². The first-order chi connectivity index (χ1) is 8.22. The second-order valence-electron chi connectivity index (χ2n) is 4.56.